The van der Waals surface area contributed by atoms with E-state index in [4.69, 9.17) is 11.6 Å². The van der Waals surface area contributed by atoms with Crippen LogP contribution in [0.1, 0.15) is 18.2 Å². The van der Waals surface area contributed by atoms with Gasteiger partial charge in [-0.05, 0) is 31.2 Å². The summed E-state index contributed by atoms with van der Waals surface area (Å²) in [5, 5.41) is 8.06. The lowest BCUT2D eigenvalue weighted by atomic mass is 10.2. The second kappa shape index (κ2) is 5.29. The summed E-state index contributed by atoms with van der Waals surface area (Å²) in [6.07, 6.45) is 3.36. The number of halogens is 1. The molecule has 90 valence electrons. The zero-order chi connectivity index (χ0) is 12.3. The number of nitrogens with zero attached hydrogens (tertiary/aromatic N) is 3. The summed E-state index contributed by atoms with van der Waals surface area (Å²) in [6, 6.07) is 4.08. The smallest absolute Gasteiger partial charge is 0.153 e. The number of rotatable bonds is 4. The Labute approximate surface area is 106 Å². The van der Waals surface area contributed by atoms with Gasteiger partial charge in [-0.3, -0.25) is 0 Å². The molecule has 2 aromatic heterocycles. The Morgan fingerprint density at radius 1 is 1.41 bits per heavy atom. The topological polar surface area (TPSA) is 42.7 Å². The highest BCUT2D eigenvalue weighted by atomic mass is 35.5. The SMILES string of the molecule is CCNCc1cc(C)nc(-n2cc(Cl)cn2)c1. The van der Waals surface area contributed by atoms with Gasteiger partial charge in [-0.1, -0.05) is 18.5 Å². The Bertz CT molecular complexity index is 507. The normalized spacial score (nSPS) is 10.8. The summed E-state index contributed by atoms with van der Waals surface area (Å²) in [5.74, 6) is 0.796. The lowest BCUT2D eigenvalue weighted by molar-refractivity contribution is 0.722. The number of pyridine rings is 1. The Balaban J connectivity index is 2.31. The predicted octanol–water partition coefficient (Wildman–Crippen LogP) is 2.34. The van der Waals surface area contributed by atoms with Crippen molar-refractivity contribution >= 4 is 11.6 Å². The molecule has 2 heterocycles. The van der Waals surface area contributed by atoms with Crippen LogP contribution in [0, 0.1) is 6.92 Å². The molecule has 0 atom stereocenters. The van der Waals surface area contributed by atoms with Crippen molar-refractivity contribution < 1.29 is 0 Å². The van der Waals surface area contributed by atoms with Crippen molar-refractivity contribution in [2.45, 2.75) is 20.4 Å². The van der Waals surface area contributed by atoms with Crippen LogP contribution in [0.5, 0.6) is 0 Å². The first kappa shape index (κ1) is 12.1. The number of aromatic nitrogens is 3. The van der Waals surface area contributed by atoms with Crippen LogP contribution in [0.25, 0.3) is 5.82 Å². The molecule has 0 bridgehead atoms. The van der Waals surface area contributed by atoms with E-state index in [1.54, 1.807) is 17.1 Å². The first-order valence-electron chi connectivity index (χ1n) is 5.58. The third-order valence-electron chi connectivity index (χ3n) is 2.36. The lowest BCUT2D eigenvalue weighted by Gasteiger charge is -2.07. The molecule has 0 aliphatic heterocycles. The van der Waals surface area contributed by atoms with Crippen LogP contribution in [0.4, 0.5) is 0 Å². The molecule has 5 heteroatoms. The van der Waals surface area contributed by atoms with Crippen molar-refractivity contribution in [2.75, 3.05) is 6.54 Å². The molecule has 2 rings (SSSR count). The number of nitrogens with one attached hydrogen (secondary N) is 1. The molecule has 0 saturated heterocycles. The van der Waals surface area contributed by atoms with Crippen LogP contribution < -0.4 is 5.32 Å². The van der Waals surface area contributed by atoms with Crippen molar-refractivity contribution in [1.82, 2.24) is 20.1 Å². The minimum atomic E-state index is 0.613. The highest BCUT2D eigenvalue weighted by Crippen LogP contribution is 2.12. The average molecular weight is 251 g/mol. The monoisotopic (exact) mass is 250 g/mol. The van der Waals surface area contributed by atoms with E-state index in [-0.39, 0.29) is 0 Å². The van der Waals surface area contributed by atoms with Crippen LogP contribution in [0.3, 0.4) is 0 Å². The second-order valence-electron chi connectivity index (χ2n) is 3.86. The van der Waals surface area contributed by atoms with Crippen molar-refractivity contribution in [1.29, 1.82) is 0 Å². The summed E-state index contributed by atoms with van der Waals surface area (Å²) in [5.41, 5.74) is 2.17. The standard InChI is InChI=1S/C12H15ClN4/c1-3-14-6-10-4-9(2)16-12(5-10)17-8-11(13)7-15-17/h4-5,7-8,14H,3,6H2,1-2H3. The second-order valence-corrected chi connectivity index (χ2v) is 4.29. The van der Waals surface area contributed by atoms with Gasteiger partial charge in [0.1, 0.15) is 0 Å². The maximum absolute atomic E-state index is 5.85. The van der Waals surface area contributed by atoms with E-state index in [2.05, 4.69) is 28.4 Å². The van der Waals surface area contributed by atoms with E-state index < -0.39 is 0 Å². The van der Waals surface area contributed by atoms with E-state index in [1.165, 1.54) is 5.56 Å². The number of hydrogen-bond donors (Lipinski definition) is 1. The number of aryl methyl sites for hydroxylation is 1. The molecule has 0 aromatic carbocycles. The fourth-order valence-corrected chi connectivity index (χ4v) is 1.77. The largest absolute Gasteiger partial charge is 0.313 e. The maximum Gasteiger partial charge on any atom is 0.153 e. The van der Waals surface area contributed by atoms with Crippen LogP contribution >= 0.6 is 11.6 Å². The molecule has 0 fully saturated rings. The minimum absolute atomic E-state index is 0.613. The van der Waals surface area contributed by atoms with Gasteiger partial charge in [0.2, 0.25) is 0 Å². The zero-order valence-corrected chi connectivity index (χ0v) is 10.7. The van der Waals surface area contributed by atoms with Gasteiger partial charge >= 0.3 is 0 Å². The molecule has 1 N–H and O–H groups in total. The molecule has 0 saturated carbocycles. The molecule has 2 aromatic rings. The van der Waals surface area contributed by atoms with E-state index in [0.29, 0.717) is 5.02 Å². The van der Waals surface area contributed by atoms with Gasteiger partial charge in [0.05, 0.1) is 17.4 Å². The molecule has 0 radical (unpaired) electrons. The van der Waals surface area contributed by atoms with Crippen molar-refractivity contribution in [3.05, 3.63) is 40.8 Å². The molecule has 17 heavy (non-hydrogen) atoms. The van der Waals surface area contributed by atoms with E-state index in [0.717, 1.165) is 24.6 Å². The van der Waals surface area contributed by atoms with Gasteiger partial charge < -0.3 is 5.32 Å². The fraction of sp³-hybridized carbons (Fsp3) is 0.333. The van der Waals surface area contributed by atoms with Gasteiger partial charge in [-0.15, -0.1) is 0 Å². The maximum atomic E-state index is 5.85. The molecule has 0 unspecified atom stereocenters. The third-order valence-corrected chi connectivity index (χ3v) is 2.56. The van der Waals surface area contributed by atoms with E-state index in [1.807, 2.05) is 13.0 Å². The van der Waals surface area contributed by atoms with Gasteiger partial charge in [-0.2, -0.15) is 5.10 Å². The van der Waals surface area contributed by atoms with Crippen LogP contribution in [0.15, 0.2) is 24.5 Å². The average Bonchev–Trinajstić information content (AvgIpc) is 2.72. The van der Waals surface area contributed by atoms with Gasteiger partial charge in [0, 0.05) is 12.2 Å². The van der Waals surface area contributed by atoms with Crippen LogP contribution in [-0.4, -0.2) is 21.3 Å². The number of hydrogen-bond acceptors (Lipinski definition) is 3. The Morgan fingerprint density at radius 3 is 2.88 bits per heavy atom. The van der Waals surface area contributed by atoms with E-state index in [9.17, 15) is 0 Å². The highest BCUT2D eigenvalue weighted by molar-refractivity contribution is 6.30. The molecule has 0 spiro atoms. The Kier molecular flexibility index (Phi) is 3.76. The van der Waals surface area contributed by atoms with Crippen molar-refractivity contribution in [3.63, 3.8) is 0 Å². The summed E-state index contributed by atoms with van der Waals surface area (Å²) < 4.78 is 1.69. The summed E-state index contributed by atoms with van der Waals surface area (Å²) in [6.45, 7) is 5.85. The first-order valence-corrected chi connectivity index (χ1v) is 5.95. The molecule has 4 nitrogen and oxygen atoms in total. The molecular formula is C12H15ClN4. The molecular weight excluding hydrogens is 236 g/mol. The highest BCUT2D eigenvalue weighted by Gasteiger charge is 2.04. The third kappa shape index (κ3) is 3.05. The molecule has 0 aliphatic rings. The summed E-state index contributed by atoms with van der Waals surface area (Å²) in [4.78, 5) is 4.44. The van der Waals surface area contributed by atoms with Gasteiger partial charge in [0.15, 0.2) is 5.82 Å². The lowest BCUT2D eigenvalue weighted by Crippen LogP contribution is -2.12. The van der Waals surface area contributed by atoms with Crippen molar-refractivity contribution in [2.24, 2.45) is 0 Å². The van der Waals surface area contributed by atoms with Gasteiger partial charge in [-0.25, -0.2) is 9.67 Å². The van der Waals surface area contributed by atoms with Crippen LogP contribution in [-0.2, 0) is 6.54 Å². The van der Waals surface area contributed by atoms with Crippen molar-refractivity contribution in [3.8, 4) is 5.82 Å². The summed E-state index contributed by atoms with van der Waals surface area (Å²) in [7, 11) is 0. The Morgan fingerprint density at radius 2 is 2.24 bits per heavy atom. The minimum Gasteiger partial charge on any atom is -0.313 e. The van der Waals surface area contributed by atoms with Gasteiger partial charge in [0.25, 0.3) is 0 Å². The molecule has 0 amide bonds. The Hall–Kier alpha value is -1.39. The molecule has 0 aliphatic carbocycles. The quantitative estimate of drug-likeness (QED) is 0.906. The zero-order valence-electron chi connectivity index (χ0n) is 9.94. The fourth-order valence-electron chi connectivity index (χ4n) is 1.64. The predicted molar refractivity (Wildman–Crippen MR) is 68.5 cm³/mol. The van der Waals surface area contributed by atoms with E-state index >= 15 is 0 Å². The first-order chi connectivity index (χ1) is 8.19. The summed E-state index contributed by atoms with van der Waals surface area (Å²) >= 11 is 5.85. The van der Waals surface area contributed by atoms with Crippen LogP contribution in [0.2, 0.25) is 5.02 Å².